The summed E-state index contributed by atoms with van der Waals surface area (Å²) in [5, 5.41) is 10.6. The monoisotopic (exact) mass is 288 g/mol. The number of fused-ring (bicyclic) bond motifs is 1. The highest BCUT2D eigenvalue weighted by atomic mass is 79.9. The Kier molecular flexibility index (Phi) is 4.01. The molecule has 0 aliphatic heterocycles. The maximum Gasteiger partial charge on any atom is 0.0459 e. The van der Waals surface area contributed by atoms with Crippen LogP contribution < -0.4 is 0 Å². The first kappa shape index (κ1) is 12.9. The van der Waals surface area contributed by atoms with Crippen LogP contribution in [0.3, 0.4) is 0 Å². The molecule has 0 radical (unpaired) electrons. The largest absolute Gasteiger partial charge is 0.396 e. The van der Waals surface area contributed by atoms with Gasteiger partial charge in [-0.3, -0.25) is 0 Å². The highest BCUT2D eigenvalue weighted by Crippen LogP contribution is 2.59. The molecule has 0 spiro atoms. The molecule has 2 saturated carbocycles. The maximum absolute atomic E-state index is 9.41. The van der Waals surface area contributed by atoms with Crippen LogP contribution in [0.15, 0.2) is 0 Å². The fourth-order valence-electron chi connectivity index (χ4n) is 4.63. The average molecular weight is 289 g/mol. The van der Waals surface area contributed by atoms with E-state index in [1.807, 2.05) is 0 Å². The summed E-state index contributed by atoms with van der Waals surface area (Å²) >= 11 is 3.70. The summed E-state index contributed by atoms with van der Waals surface area (Å²) < 4.78 is 0. The Bertz CT molecular complexity index is 235. The SMILES string of the molecule is C[C@H](CO)[C@H]1CCC2C(CBr)CCC[C@@]21C. The molecule has 2 unspecified atom stereocenters. The molecule has 0 saturated heterocycles. The Morgan fingerprint density at radius 1 is 1.38 bits per heavy atom. The molecule has 2 rings (SSSR count). The van der Waals surface area contributed by atoms with Gasteiger partial charge in [-0.05, 0) is 54.8 Å². The van der Waals surface area contributed by atoms with Gasteiger partial charge < -0.3 is 5.11 Å². The topological polar surface area (TPSA) is 20.2 Å². The maximum atomic E-state index is 9.41. The number of hydrogen-bond acceptors (Lipinski definition) is 1. The minimum Gasteiger partial charge on any atom is -0.396 e. The van der Waals surface area contributed by atoms with Gasteiger partial charge >= 0.3 is 0 Å². The third-order valence-corrected chi connectivity index (χ3v) is 6.35. The third-order valence-electron chi connectivity index (χ3n) is 5.52. The van der Waals surface area contributed by atoms with Crippen molar-refractivity contribution < 1.29 is 5.11 Å². The lowest BCUT2D eigenvalue weighted by atomic mass is 9.60. The van der Waals surface area contributed by atoms with Gasteiger partial charge in [0.15, 0.2) is 0 Å². The molecule has 2 fully saturated rings. The van der Waals surface area contributed by atoms with Crippen molar-refractivity contribution in [1.82, 2.24) is 0 Å². The second-order valence-corrected chi connectivity index (χ2v) is 6.91. The first-order chi connectivity index (χ1) is 7.63. The lowest BCUT2D eigenvalue weighted by Gasteiger charge is -2.46. The van der Waals surface area contributed by atoms with E-state index in [9.17, 15) is 5.11 Å². The van der Waals surface area contributed by atoms with E-state index in [1.165, 1.54) is 37.4 Å². The summed E-state index contributed by atoms with van der Waals surface area (Å²) in [4.78, 5) is 0. The Balaban J connectivity index is 2.17. The minimum atomic E-state index is 0.367. The summed E-state index contributed by atoms with van der Waals surface area (Å²) in [6, 6.07) is 0. The van der Waals surface area contributed by atoms with Crippen LogP contribution in [0.1, 0.15) is 46.0 Å². The first-order valence-electron chi connectivity index (χ1n) is 6.80. The average Bonchev–Trinajstić information content (AvgIpc) is 2.64. The van der Waals surface area contributed by atoms with Gasteiger partial charge in [0.05, 0.1) is 0 Å². The molecular weight excluding hydrogens is 264 g/mol. The summed E-state index contributed by atoms with van der Waals surface area (Å²) in [5.41, 5.74) is 0.513. The molecule has 1 N–H and O–H groups in total. The number of hydrogen-bond donors (Lipinski definition) is 1. The fourth-order valence-corrected chi connectivity index (χ4v) is 5.41. The van der Waals surface area contributed by atoms with Gasteiger partial charge in [0.25, 0.3) is 0 Å². The van der Waals surface area contributed by atoms with Crippen molar-refractivity contribution in [1.29, 1.82) is 0 Å². The van der Waals surface area contributed by atoms with Gasteiger partial charge in [-0.1, -0.05) is 36.2 Å². The number of halogens is 1. The van der Waals surface area contributed by atoms with E-state index in [1.54, 1.807) is 0 Å². The molecule has 94 valence electrons. The molecule has 0 aromatic heterocycles. The van der Waals surface area contributed by atoms with Crippen molar-refractivity contribution in [2.45, 2.75) is 46.0 Å². The number of alkyl halides is 1. The second-order valence-electron chi connectivity index (χ2n) is 6.26. The highest BCUT2D eigenvalue weighted by molar-refractivity contribution is 9.09. The standard InChI is InChI=1S/C14H25BrO/c1-10(9-16)12-5-6-13-11(8-15)4-3-7-14(12,13)2/h10-13,16H,3-9H2,1-2H3/t10-,11?,12-,13?,14-/m1/s1. The fraction of sp³-hybridized carbons (Fsp3) is 1.00. The van der Waals surface area contributed by atoms with E-state index in [0.29, 0.717) is 17.9 Å². The van der Waals surface area contributed by atoms with E-state index in [2.05, 4.69) is 29.8 Å². The van der Waals surface area contributed by atoms with Crippen molar-refractivity contribution in [3.8, 4) is 0 Å². The number of rotatable bonds is 3. The lowest BCUT2D eigenvalue weighted by Crippen LogP contribution is -2.40. The smallest absolute Gasteiger partial charge is 0.0459 e. The molecule has 2 aliphatic rings. The zero-order valence-electron chi connectivity index (χ0n) is 10.6. The lowest BCUT2D eigenvalue weighted by molar-refractivity contribution is 0.0245. The Morgan fingerprint density at radius 3 is 2.75 bits per heavy atom. The van der Waals surface area contributed by atoms with Crippen LogP contribution in [0.2, 0.25) is 0 Å². The number of aliphatic hydroxyl groups is 1. The first-order valence-corrected chi connectivity index (χ1v) is 7.92. The Morgan fingerprint density at radius 2 is 2.12 bits per heavy atom. The molecule has 5 atom stereocenters. The number of aliphatic hydroxyl groups excluding tert-OH is 1. The molecule has 0 aromatic rings. The van der Waals surface area contributed by atoms with Crippen LogP contribution >= 0.6 is 15.9 Å². The summed E-state index contributed by atoms with van der Waals surface area (Å²) in [6.45, 7) is 5.10. The quantitative estimate of drug-likeness (QED) is 0.783. The third kappa shape index (κ3) is 1.96. The van der Waals surface area contributed by atoms with Crippen LogP contribution in [0.25, 0.3) is 0 Å². The van der Waals surface area contributed by atoms with E-state index in [-0.39, 0.29) is 0 Å². The van der Waals surface area contributed by atoms with Gasteiger partial charge in [-0.2, -0.15) is 0 Å². The summed E-state index contributed by atoms with van der Waals surface area (Å²) in [7, 11) is 0. The molecule has 0 bridgehead atoms. The van der Waals surface area contributed by atoms with E-state index in [0.717, 1.165) is 17.8 Å². The van der Waals surface area contributed by atoms with E-state index >= 15 is 0 Å². The second kappa shape index (κ2) is 4.97. The molecule has 2 heteroatoms. The predicted octanol–water partition coefficient (Wildman–Crippen LogP) is 3.84. The van der Waals surface area contributed by atoms with Crippen LogP contribution in [-0.2, 0) is 0 Å². The molecule has 2 aliphatic carbocycles. The van der Waals surface area contributed by atoms with Gasteiger partial charge in [-0.25, -0.2) is 0 Å². The van der Waals surface area contributed by atoms with E-state index < -0.39 is 0 Å². The van der Waals surface area contributed by atoms with Crippen LogP contribution in [-0.4, -0.2) is 17.0 Å². The van der Waals surface area contributed by atoms with Crippen molar-refractivity contribution in [3.05, 3.63) is 0 Å². The van der Waals surface area contributed by atoms with Crippen LogP contribution in [0.5, 0.6) is 0 Å². The molecule has 0 heterocycles. The van der Waals surface area contributed by atoms with Gasteiger partial charge in [-0.15, -0.1) is 0 Å². The summed E-state index contributed by atoms with van der Waals surface area (Å²) in [5.74, 6) is 3.03. The van der Waals surface area contributed by atoms with Gasteiger partial charge in [0.2, 0.25) is 0 Å². The van der Waals surface area contributed by atoms with Gasteiger partial charge in [0, 0.05) is 11.9 Å². The van der Waals surface area contributed by atoms with Crippen LogP contribution in [0, 0.1) is 29.1 Å². The van der Waals surface area contributed by atoms with E-state index in [4.69, 9.17) is 0 Å². The van der Waals surface area contributed by atoms with Crippen molar-refractivity contribution in [2.75, 3.05) is 11.9 Å². The molecule has 0 amide bonds. The van der Waals surface area contributed by atoms with Crippen molar-refractivity contribution in [2.24, 2.45) is 29.1 Å². The van der Waals surface area contributed by atoms with Gasteiger partial charge in [0.1, 0.15) is 0 Å². The zero-order valence-corrected chi connectivity index (χ0v) is 12.2. The highest BCUT2D eigenvalue weighted by Gasteiger charge is 2.51. The van der Waals surface area contributed by atoms with Crippen molar-refractivity contribution in [3.63, 3.8) is 0 Å². The molecular formula is C14H25BrO. The van der Waals surface area contributed by atoms with Crippen LogP contribution in [0.4, 0.5) is 0 Å². The Labute approximate surface area is 108 Å². The predicted molar refractivity (Wildman–Crippen MR) is 71.7 cm³/mol. The normalized spacial score (nSPS) is 45.4. The Hall–Kier alpha value is 0.440. The minimum absolute atomic E-state index is 0.367. The molecule has 1 nitrogen and oxygen atoms in total. The molecule has 0 aromatic carbocycles. The zero-order chi connectivity index (χ0) is 11.8. The summed E-state index contributed by atoms with van der Waals surface area (Å²) in [6.07, 6.45) is 6.91. The van der Waals surface area contributed by atoms with Crippen molar-refractivity contribution >= 4 is 15.9 Å². The molecule has 16 heavy (non-hydrogen) atoms.